The first-order valence-corrected chi connectivity index (χ1v) is 11.7. The fraction of sp³-hybridized carbons (Fsp3) is 0.550. The van der Waals surface area contributed by atoms with Gasteiger partial charge in [-0.25, -0.2) is 13.1 Å². The number of sulfonamides is 1. The van der Waals surface area contributed by atoms with E-state index in [9.17, 15) is 13.2 Å². The molecule has 4 rings (SSSR count). The van der Waals surface area contributed by atoms with Gasteiger partial charge in [-0.1, -0.05) is 12.5 Å². The van der Waals surface area contributed by atoms with E-state index >= 15 is 0 Å². The molecule has 0 saturated heterocycles. The maximum absolute atomic E-state index is 12.7. The van der Waals surface area contributed by atoms with Gasteiger partial charge in [0.15, 0.2) is 0 Å². The standard InChI is InChI=1S/C20H27N5O3S/c1-14-6-9-16(29(27,28)24-15-7-8-15)13-17(14)20(26)21-11-10-19-23-22-18-5-3-2-4-12-25(18)19/h6,9,13,15,24H,2-5,7-8,10-12H2,1H3,(H,21,26). The number of nitrogens with zero attached hydrogens (tertiary/aromatic N) is 3. The Morgan fingerprint density at radius 1 is 1.21 bits per heavy atom. The second kappa shape index (κ2) is 8.23. The highest BCUT2D eigenvalue weighted by molar-refractivity contribution is 7.89. The zero-order chi connectivity index (χ0) is 20.4. The largest absolute Gasteiger partial charge is 0.352 e. The summed E-state index contributed by atoms with van der Waals surface area (Å²) in [6.45, 7) is 3.16. The van der Waals surface area contributed by atoms with Crippen LogP contribution in [0.25, 0.3) is 0 Å². The molecule has 1 fully saturated rings. The van der Waals surface area contributed by atoms with Crippen molar-refractivity contribution in [2.45, 2.75) is 69.4 Å². The Hall–Kier alpha value is -2.26. The molecule has 0 spiro atoms. The molecule has 2 heterocycles. The van der Waals surface area contributed by atoms with Crippen LogP contribution in [0.4, 0.5) is 0 Å². The van der Waals surface area contributed by atoms with Crippen molar-refractivity contribution >= 4 is 15.9 Å². The molecule has 0 radical (unpaired) electrons. The number of aromatic nitrogens is 3. The molecule has 1 amide bonds. The lowest BCUT2D eigenvalue weighted by molar-refractivity contribution is 0.0953. The molecule has 156 valence electrons. The topological polar surface area (TPSA) is 106 Å². The van der Waals surface area contributed by atoms with Crippen molar-refractivity contribution in [2.24, 2.45) is 0 Å². The molecule has 1 aliphatic carbocycles. The lowest BCUT2D eigenvalue weighted by Gasteiger charge is -2.11. The molecule has 2 aliphatic rings. The number of amides is 1. The van der Waals surface area contributed by atoms with Crippen LogP contribution in [-0.2, 0) is 29.4 Å². The Morgan fingerprint density at radius 2 is 2.03 bits per heavy atom. The van der Waals surface area contributed by atoms with Crippen molar-refractivity contribution in [1.29, 1.82) is 0 Å². The fourth-order valence-electron chi connectivity index (χ4n) is 3.61. The number of benzene rings is 1. The Labute approximate surface area is 171 Å². The van der Waals surface area contributed by atoms with Gasteiger partial charge < -0.3 is 9.88 Å². The highest BCUT2D eigenvalue weighted by Crippen LogP contribution is 2.23. The molecule has 1 aliphatic heterocycles. The third-order valence-corrected chi connectivity index (χ3v) is 7.00. The van der Waals surface area contributed by atoms with Crippen molar-refractivity contribution in [3.63, 3.8) is 0 Å². The van der Waals surface area contributed by atoms with Gasteiger partial charge in [0.2, 0.25) is 10.0 Å². The van der Waals surface area contributed by atoms with Gasteiger partial charge in [0.25, 0.3) is 5.91 Å². The first kappa shape index (κ1) is 20.0. The molecular formula is C20H27N5O3S. The first-order chi connectivity index (χ1) is 13.9. The average Bonchev–Trinajstić information content (AvgIpc) is 3.46. The van der Waals surface area contributed by atoms with Crippen molar-refractivity contribution in [1.82, 2.24) is 24.8 Å². The predicted octanol–water partition coefficient (Wildman–Crippen LogP) is 1.73. The number of hydrogen-bond acceptors (Lipinski definition) is 5. The van der Waals surface area contributed by atoms with E-state index in [1.165, 1.54) is 12.5 Å². The normalized spacial score (nSPS) is 16.9. The Kier molecular flexibility index (Phi) is 5.69. The minimum atomic E-state index is -3.59. The molecule has 0 bridgehead atoms. The van der Waals surface area contributed by atoms with Crippen LogP contribution in [0.1, 0.15) is 59.7 Å². The molecule has 8 nitrogen and oxygen atoms in total. The van der Waals surface area contributed by atoms with E-state index in [0.717, 1.165) is 55.9 Å². The van der Waals surface area contributed by atoms with Gasteiger partial charge in [-0.05, 0) is 50.3 Å². The summed E-state index contributed by atoms with van der Waals surface area (Å²) in [4.78, 5) is 12.8. The highest BCUT2D eigenvalue weighted by Gasteiger charge is 2.28. The van der Waals surface area contributed by atoms with Gasteiger partial charge in [0.05, 0.1) is 4.90 Å². The van der Waals surface area contributed by atoms with Crippen LogP contribution in [-0.4, -0.2) is 41.7 Å². The van der Waals surface area contributed by atoms with E-state index in [4.69, 9.17) is 0 Å². The summed E-state index contributed by atoms with van der Waals surface area (Å²) in [6, 6.07) is 4.70. The minimum absolute atomic E-state index is 0.0249. The third-order valence-electron chi connectivity index (χ3n) is 5.48. The number of carbonyl (C=O) groups excluding carboxylic acids is 1. The van der Waals surface area contributed by atoms with Gasteiger partial charge in [-0.15, -0.1) is 10.2 Å². The molecule has 0 atom stereocenters. The highest BCUT2D eigenvalue weighted by atomic mass is 32.2. The summed E-state index contributed by atoms with van der Waals surface area (Å²) >= 11 is 0. The van der Waals surface area contributed by atoms with Gasteiger partial charge in [-0.2, -0.15) is 0 Å². The second-order valence-corrected chi connectivity index (χ2v) is 9.59. The van der Waals surface area contributed by atoms with Crippen molar-refractivity contribution in [2.75, 3.05) is 6.54 Å². The Balaban J connectivity index is 1.41. The van der Waals surface area contributed by atoms with Gasteiger partial charge >= 0.3 is 0 Å². The summed E-state index contributed by atoms with van der Waals surface area (Å²) in [5, 5.41) is 11.5. The maximum atomic E-state index is 12.7. The van der Waals surface area contributed by atoms with E-state index < -0.39 is 10.0 Å². The third kappa shape index (κ3) is 4.67. The lowest BCUT2D eigenvalue weighted by atomic mass is 10.1. The first-order valence-electron chi connectivity index (χ1n) is 10.3. The minimum Gasteiger partial charge on any atom is -0.352 e. The fourth-order valence-corrected chi connectivity index (χ4v) is 4.95. The van der Waals surface area contributed by atoms with Crippen LogP contribution in [0.15, 0.2) is 23.1 Å². The molecule has 0 unspecified atom stereocenters. The zero-order valence-electron chi connectivity index (χ0n) is 16.6. The van der Waals surface area contributed by atoms with Crippen LogP contribution < -0.4 is 10.0 Å². The van der Waals surface area contributed by atoms with Crippen molar-refractivity contribution in [3.8, 4) is 0 Å². The summed E-state index contributed by atoms with van der Waals surface area (Å²) in [5.41, 5.74) is 1.12. The van der Waals surface area contributed by atoms with Crippen LogP contribution in [0.2, 0.25) is 0 Å². The molecule has 1 aromatic heterocycles. The van der Waals surface area contributed by atoms with E-state index in [0.29, 0.717) is 18.5 Å². The summed E-state index contributed by atoms with van der Waals surface area (Å²) < 4.78 is 29.7. The van der Waals surface area contributed by atoms with E-state index in [2.05, 4.69) is 24.8 Å². The predicted molar refractivity (Wildman–Crippen MR) is 108 cm³/mol. The van der Waals surface area contributed by atoms with Gasteiger partial charge in [0, 0.05) is 37.5 Å². The Morgan fingerprint density at radius 3 is 2.83 bits per heavy atom. The lowest BCUT2D eigenvalue weighted by Crippen LogP contribution is -2.29. The van der Waals surface area contributed by atoms with Crippen LogP contribution in [0, 0.1) is 6.92 Å². The SMILES string of the molecule is Cc1ccc(S(=O)(=O)NC2CC2)cc1C(=O)NCCc1nnc2n1CCCCC2. The number of carbonyl (C=O) groups is 1. The zero-order valence-corrected chi connectivity index (χ0v) is 17.5. The quantitative estimate of drug-likeness (QED) is 0.714. The molecule has 2 aromatic rings. The molecule has 1 aromatic carbocycles. The van der Waals surface area contributed by atoms with Gasteiger partial charge in [-0.3, -0.25) is 4.79 Å². The van der Waals surface area contributed by atoms with Crippen molar-refractivity contribution < 1.29 is 13.2 Å². The number of nitrogens with one attached hydrogen (secondary N) is 2. The summed E-state index contributed by atoms with van der Waals surface area (Å²) in [5.74, 6) is 1.64. The van der Waals surface area contributed by atoms with E-state index in [1.54, 1.807) is 19.1 Å². The molecule has 9 heteroatoms. The average molecular weight is 418 g/mol. The number of fused-ring (bicyclic) bond motifs is 1. The summed E-state index contributed by atoms with van der Waals surface area (Å²) in [7, 11) is -3.59. The van der Waals surface area contributed by atoms with Gasteiger partial charge in [0.1, 0.15) is 11.6 Å². The van der Waals surface area contributed by atoms with Crippen molar-refractivity contribution in [3.05, 3.63) is 41.0 Å². The Bertz CT molecular complexity index is 1010. The molecule has 1 saturated carbocycles. The van der Waals surface area contributed by atoms with Crippen LogP contribution >= 0.6 is 0 Å². The second-order valence-electron chi connectivity index (χ2n) is 7.87. The summed E-state index contributed by atoms with van der Waals surface area (Å²) in [6.07, 6.45) is 6.75. The van der Waals surface area contributed by atoms with Crippen LogP contribution in [0.5, 0.6) is 0 Å². The number of hydrogen-bond donors (Lipinski definition) is 2. The number of rotatable bonds is 7. The smallest absolute Gasteiger partial charge is 0.251 e. The van der Waals surface area contributed by atoms with Crippen LogP contribution in [0.3, 0.4) is 0 Å². The maximum Gasteiger partial charge on any atom is 0.251 e. The van der Waals surface area contributed by atoms with E-state index in [-0.39, 0.29) is 16.8 Å². The molecular weight excluding hydrogens is 390 g/mol. The molecule has 29 heavy (non-hydrogen) atoms. The number of aryl methyl sites for hydroxylation is 2. The monoisotopic (exact) mass is 417 g/mol. The van der Waals surface area contributed by atoms with E-state index in [1.807, 2.05) is 0 Å². The molecule has 2 N–H and O–H groups in total.